The lowest BCUT2D eigenvalue weighted by Crippen LogP contribution is -2.45. The maximum absolute atomic E-state index is 13.3. The highest BCUT2D eigenvalue weighted by molar-refractivity contribution is 5.83. The van der Waals surface area contributed by atoms with Crippen LogP contribution in [0.1, 0.15) is 63.0 Å². The molecule has 4 heteroatoms. The molecular formula is C27H35FN2O. The summed E-state index contributed by atoms with van der Waals surface area (Å²) in [5.74, 6) is 0.894. The highest BCUT2D eigenvalue weighted by Crippen LogP contribution is 2.47. The second kappa shape index (κ2) is 9.52. The van der Waals surface area contributed by atoms with E-state index < -0.39 is 0 Å². The molecule has 2 fully saturated rings. The van der Waals surface area contributed by atoms with E-state index in [-0.39, 0.29) is 17.1 Å². The van der Waals surface area contributed by atoms with E-state index in [1.807, 2.05) is 30.3 Å². The van der Waals surface area contributed by atoms with Gasteiger partial charge in [-0.05, 0) is 80.3 Å². The zero-order valence-corrected chi connectivity index (χ0v) is 18.8. The van der Waals surface area contributed by atoms with Gasteiger partial charge in [0.2, 0.25) is 5.91 Å². The molecule has 1 saturated heterocycles. The third-order valence-electron chi connectivity index (χ3n) is 7.76. The summed E-state index contributed by atoms with van der Waals surface area (Å²) in [7, 11) is 0. The van der Waals surface area contributed by atoms with Crippen LogP contribution in [0, 0.1) is 17.2 Å². The number of benzene rings is 2. The SMILES string of the molecule is CC(C)C1(C(=O)NCc2ccccc2)CCC(N2CCC(c3ccc(F)cc3)CC2)C1. The molecule has 2 aromatic rings. The fourth-order valence-electron chi connectivity index (χ4n) is 5.64. The molecule has 166 valence electrons. The topological polar surface area (TPSA) is 32.3 Å². The van der Waals surface area contributed by atoms with Crippen LogP contribution in [0.4, 0.5) is 4.39 Å². The smallest absolute Gasteiger partial charge is 0.226 e. The predicted octanol–water partition coefficient (Wildman–Crippen LogP) is 5.52. The van der Waals surface area contributed by atoms with Crippen molar-refractivity contribution in [2.24, 2.45) is 11.3 Å². The van der Waals surface area contributed by atoms with E-state index in [0.29, 0.717) is 24.4 Å². The fourth-order valence-corrected chi connectivity index (χ4v) is 5.64. The summed E-state index contributed by atoms with van der Waals surface area (Å²) in [5.41, 5.74) is 2.13. The zero-order chi connectivity index (χ0) is 21.8. The molecule has 2 unspecified atom stereocenters. The Bertz CT molecular complexity index is 859. The first-order valence-corrected chi connectivity index (χ1v) is 11.8. The Balaban J connectivity index is 1.35. The number of piperidine rings is 1. The van der Waals surface area contributed by atoms with Gasteiger partial charge in [-0.3, -0.25) is 4.79 Å². The van der Waals surface area contributed by atoms with E-state index in [1.165, 1.54) is 5.56 Å². The first-order chi connectivity index (χ1) is 15.0. The quantitative estimate of drug-likeness (QED) is 0.665. The second-order valence-electron chi connectivity index (χ2n) is 9.74. The van der Waals surface area contributed by atoms with Crippen molar-refractivity contribution in [3.8, 4) is 0 Å². The van der Waals surface area contributed by atoms with Crippen molar-refractivity contribution in [3.63, 3.8) is 0 Å². The monoisotopic (exact) mass is 422 g/mol. The van der Waals surface area contributed by atoms with Gasteiger partial charge in [0.15, 0.2) is 0 Å². The van der Waals surface area contributed by atoms with E-state index in [1.54, 1.807) is 12.1 Å². The molecule has 1 N–H and O–H groups in total. The van der Waals surface area contributed by atoms with Crippen molar-refractivity contribution in [1.29, 1.82) is 0 Å². The van der Waals surface area contributed by atoms with Gasteiger partial charge in [-0.15, -0.1) is 0 Å². The van der Waals surface area contributed by atoms with Crippen molar-refractivity contribution in [1.82, 2.24) is 10.2 Å². The summed E-state index contributed by atoms with van der Waals surface area (Å²) < 4.78 is 13.2. The lowest BCUT2D eigenvalue weighted by molar-refractivity contribution is -0.133. The largest absolute Gasteiger partial charge is 0.352 e. The minimum Gasteiger partial charge on any atom is -0.352 e. The third-order valence-corrected chi connectivity index (χ3v) is 7.76. The van der Waals surface area contributed by atoms with Crippen LogP contribution in [0.2, 0.25) is 0 Å². The number of hydrogen-bond donors (Lipinski definition) is 1. The summed E-state index contributed by atoms with van der Waals surface area (Å²) in [6.45, 7) is 7.12. The Morgan fingerprint density at radius 2 is 1.74 bits per heavy atom. The molecule has 0 bridgehead atoms. The highest BCUT2D eigenvalue weighted by Gasteiger charge is 2.48. The van der Waals surface area contributed by atoms with E-state index in [0.717, 1.165) is 50.8 Å². The highest BCUT2D eigenvalue weighted by atomic mass is 19.1. The molecule has 0 spiro atoms. The minimum atomic E-state index is -0.271. The standard InChI is InChI=1S/C27H35FN2O/c1-20(2)27(26(31)29-19-21-6-4-3-5-7-21)15-12-25(18-27)30-16-13-23(14-17-30)22-8-10-24(28)11-9-22/h3-11,20,23,25H,12-19H2,1-2H3,(H,29,31). The van der Waals surface area contributed by atoms with E-state index in [4.69, 9.17) is 0 Å². The lowest BCUT2D eigenvalue weighted by Gasteiger charge is -2.38. The van der Waals surface area contributed by atoms with Crippen molar-refractivity contribution in [3.05, 3.63) is 71.5 Å². The number of carbonyl (C=O) groups excluding carboxylic acids is 1. The van der Waals surface area contributed by atoms with Gasteiger partial charge in [0.25, 0.3) is 0 Å². The summed E-state index contributed by atoms with van der Waals surface area (Å²) in [6.07, 6.45) is 5.23. The van der Waals surface area contributed by atoms with Crippen LogP contribution in [0.5, 0.6) is 0 Å². The summed E-state index contributed by atoms with van der Waals surface area (Å²) in [4.78, 5) is 15.9. The number of nitrogens with one attached hydrogen (secondary N) is 1. The molecule has 3 nitrogen and oxygen atoms in total. The van der Waals surface area contributed by atoms with Gasteiger partial charge < -0.3 is 10.2 Å². The predicted molar refractivity (Wildman–Crippen MR) is 123 cm³/mol. The van der Waals surface area contributed by atoms with E-state index in [2.05, 4.69) is 36.2 Å². The van der Waals surface area contributed by atoms with Crippen LogP contribution in [0.3, 0.4) is 0 Å². The molecule has 4 rings (SSSR count). The molecule has 1 heterocycles. The van der Waals surface area contributed by atoms with E-state index in [9.17, 15) is 9.18 Å². The molecule has 1 aliphatic carbocycles. The molecule has 1 amide bonds. The number of nitrogens with zero attached hydrogens (tertiary/aromatic N) is 1. The number of carbonyl (C=O) groups is 1. The molecular weight excluding hydrogens is 387 g/mol. The Morgan fingerprint density at radius 1 is 1.06 bits per heavy atom. The number of amides is 1. The van der Waals surface area contributed by atoms with Crippen LogP contribution < -0.4 is 5.32 Å². The zero-order valence-electron chi connectivity index (χ0n) is 18.8. The van der Waals surface area contributed by atoms with E-state index >= 15 is 0 Å². The fraction of sp³-hybridized carbons (Fsp3) is 0.519. The van der Waals surface area contributed by atoms with Crippen molar-refractivity contribution in [2.45, 2.75) is 64.5 Å². The third kappa shape index (κ3) is 4.85. The summed E-state index contributed by atoms with van der Waals surface area (Å²) >= 11 is 0. The molecule has 31 heavy (non-hydrogen) atoms. The second-order valence-corrected chi connectivity index (χ2v) is 9.74. The van der Waals surface area contributed by atoms with Gasteiger partial charge in [0.05, 0.1) is 5.41 Å². The van der Waals surface area contributed by atoms with Crippen LogP contribution in [0.25, 0.3) is 0 Å². The number of likely N-dealkylation sites (tertiary alicyclic amines) is 1. The average Bonchev–Trinajstić information content (AvgIpc) is 3.26. The molecule has 0 radical (unpaired) electrons. The minimum absolute atomic E-state index is 0.164. The van der Waals surface area contributed by atoms with Crippen LogP contribution >= 0.6 is 0 Å². The number of halogens is 1. The lowest BCUT2D eigenvalue weighted by atomic mass is 9.74. The Morgan fingerprint density at radius 3 is 2.39 bits per heavy atom. The van der Waals surface area contributed by atoms with Crippen molar-refractivity contribution < 1.29 is 9.18 Å². The average molecular weight is 423 g/mol. The van der Waals surface area contributed by atoms with Crippen LogP contribution in [0.15, 0.2) is 54.6 Å². The maximum Gasteiger partial charge on any atom is 0.226 e. The Kier molecular flexibility index (Phi) is 6.76. The van der Waals surface area contributed by atoms with Gasteiger partial charge >= 0.3 is 0 Å². The Hall–Kier alpha value is -2.20. The maximum atomic E-state index is 13.3. The molecule has 2 atom stereocenters. The first-order valence-electron chi connectivity index (χ1n) is 11.8. The number of hydrogen-bond acceptors (Lipinski definition) is 2. The molecule has 1 aliphatic heterocycles. The molecule has 1 saturated carbocycles. The van der Waals surface area contributed by atoms with Crippen LogP contribution in [-0.4, -0.2) is 29.9 Å². The van der Waals surface area contributed by atoms with Crippen molar-refractivity contribution >= 4 is 5.91 Å². The van der Waals surface area contributed by atoms with Gasteiger partial charge in [-0.1, -0.05) is 56.3 Å². The molecule has 2 aliphatic rings. The van der Waals surface area contributed by atoms with Crippen LogP contribution in [-0.2, 0) is 11.3 Å². The van der Waals surface area contributed by atoms with Gasteiger partial charge in [-0.25, -0.2) is 4.39 Å². The Labute approximate surface area is 186 Å². The summed E-state index contributed by atoms with van der Waals surface area (Å²) in [6, 6.07) is 17.7. The van der Waals surface area contributed by atoms with Gasteiger partial charge in [0.1, 0.15) is 5.82 Å². The normalized spacial score (nSPS) is 25.1. The van der Waals surface area contributed by atoms with Crippen molar-refractivity contribution in [2.75, 3.05) is 13.1 Å². The van der Waals surface area contributed by atoms with Gasteiger partial charge in [0, 0.05) is 12.6 Å². The molecule has 2 aromatic carbocycles. The first kappa shape index (κ1) is 22.0. The molecule has 0 aromatic heterocycles. The summed E-state index contributed by atoms with van der Waals surface area (Å²) in [5, 5.41) is 3.23. The number of rotatable bonds is 6. The van der Waals surface area contributed by atoms with Gasteiger partial charge in [-0.2, -0.15) is 0 Å².